The van der Waals surface area contributed by atoms with Crippen molar-refractivity contribution in [3.63, 3.8) is 0 Å². The number of hydrogen-bond acceptors (Lipinski definition) is 1. The average molecular weight is 335 g/mol. The van der Waals surface area contributed by atoms with Crippen molar-refractivity contribution in [1.82, 2.24) is 5.32 Å². The summed E-state index contributed by atoms with van der Waals surface area (Å²) in [6.07, 6.45) is 1.38. The minimum Gasteiger partial charge on any atom is -0.349 e. The van der Waals surface area contributed by atoms with Crippen LogP contribution in [0.4, 0.5) is 0 Å². The molecule has 1 amide bonds. The second kappa shape index (κ2) is 5.40. The zero-order valence-electron chi connectivity index (χ0n) is 11.8. The Hall–Kier alpha value is -0.440. The fourth-order valence-electron chi connectivity index (χ4n) is 3.04. The van der Waals surface area contributed by atoms with Gasteiger partial charge in [-0.15, -0.1) is 11.6 Å². The van der Waals surface area contributed by atoms with Gasteiger partial charge in [0, 0.05) is 20.3 Å². The largest absolute Gasteiger partial charge is 0.349 e. The van der Waals surface area contributed by atoms with Crippen LogP contribution in [-0.2, 0) is 4.79 Å². The summed E-state index contributed by atoms with van der Waals surface area (Å²) in [5.41, 5.74) is 0.477. The molecule has 5 heteroatoms. The number of carbonyl (C=O) groups excluding carboxylic acids is 1. The van der Waals surface area contributed by atoms with Crippen molar-refractivity contribution in [2.24, 2.45) is 5.41 Å². The van der Waals surface area contributed by atoms with Gasteiger partial charge in [-0.3, -0.25) is 4.79 Å². The lowest BCUT2D eigenvalue weighted by Gasteiger charge is -2.48. The van der Waals surface area contributed by atoms with Crippen LogP contribution < -0.4 is 5.32 Å². The molecular weight excluding hydrogens is 317 g/mol. The van der Waals surface area contributed by atoms with Crippen LogP contribution in [0, 0.1) is 5.41 Å². The molecule has 0 bridgehead atoms. The number of halogens is 3. The molecule has 1 aliphatic rings. The van der Waals surface area contributed by atoms with E-state index in [0.29, 0.717) is 22.9 Å². The van der Waals surface area contributed by atoms with Crippen molar-refractivity contribution >= 4 is 40.7 Å². The SMILES string of the molecule is CC(NC(=O)C1(C)CC(C)(Cl)C1)c1ccc(Cl)cc1Cl. The van der Waals surface area contributed by atoms with Crippen LogP contribution in [0.15, 0.2) is 18.2 Å². The van der Waals surface area contributed by atoms with Crippen molar-refractivity contribution in [3.8, 4) is 0 Å². The third kappa shape index (κ3) is 3.24. The Morgan fingerprint density at radius 2 is 1.90 bits per heavy atom. The number of nitrogens with one attached hydrogen (secondary N) is 1. The van der Waals surface area contributed by atoms with Gasteiger partial charge in [-0.25, -0.2) is 0 Å². The molecule has 20 heavy (non-hydrogen) atoms. The molecule has 1 aromatic rings. The first-order chi connectivity index (χ1) is 9.13. The third-order valence-electron chi connectivity index (χ3n) is 3.84. The highest BCUT2D eigenvalue weighted by molar-refractivity contribution is 6.35. The Balaban J connectivity index is 2.05. The zero-order valence-corrected chi connectivity index (χ0v) is 14.0. The second-order valence-corrected chi connectivity index (χ2v) is 7.94. The van der Waals surface area contributed by atoms with E-state index in [1.165, 1.54) is 0 Å². The zero-order chi connectivity index (χ0) is 15.1. The van der Waals surface area contributed by atoms with E-state index in [-0.39, 0.29) is 22.2 Å². The molecule has 2 rings (SSSR count). The summed E-state index contributed by atoms with van der Waals surface area (Å²) in [5.74, 6) is 0.0224. The first-order valence-corrected chi connectivity index (χ1v) is 7.71. The van der Waals surface area contributed by atoms with Gasteiger partial charge in [0.15, 0.2) is 0 Å². The molecule has 1 fully saturated rings. The Morgan fingerprint density at radius 3 is 2.40 bits per heavy atom. The summed E-state index contributed by atoms with van der Waals surface area (Å²) in [6, 6.07) is 5.13. The molecule has 0 aliphatic heterocycles. The highest BCUT2D eigenvalue weighted by Crippen LogP contribution is 2.52. The quantitative estimate of drug-likeness (QED) is 0.777. The summed E-state index contributed by atoms with van der Waals surface area (Å²) < 4.78 is 0. The summed E-state index contributed by atoms with van der Waals surface area (Å²) in [4.78, 5) is 12.1. The molecule has 1 saturated carbocycles. The lowest BCUT2D eigenvalue weighted by molar-refractivity contribution is -0.137. The van der Waals surface area contributed by atoms with Crippen LogP contribution in [0.5, 0.6) is 0 Å². The molecule has 0 saturated heterocycles. The molecule has 1 aliphatic carbocycles. The van der Waals surface area contributed by atoms with Crippen LogP contribution in [-0.4, -0.2) is 10.8 Å². The van der Waals surface area contributed by atoms with Gasteiger partial charge in [-0.05, 0) is 44.4 Å². The van der Waals surface area contributed by atoms with E-state index in [0.717, 1.165) is 5.56 Å². The fourth-order valence-corrected chi connectivity index (χ4v) is 4.20. The standard InChI is InChI=1S/C15H18Cl3NO/c1-9(11-5-4-10(16)6-12(11)17)19-13(20)14(2)7-15(3,18)8-14/h4-6,9H,7-8H2,1-3H3,(H,19,20). The number of rotatable bonds is 3. The molecule has 1 N–H and O–H groups in total. The van der Waals surface area contributed by atoms with Gasteiger partial charge < -0.3 is 5.32 Å². The maximum atomic E-state index is 12.4. The van der Waals surface area contributed by atoms with Crippen molar-refractivity contribution in [1.29, 1.82) is 0 Å². The Labute approximate surface area is 134 Å². The molecule has 1 unspecified atom stereocenters. The van der Waals surface area contributed by atoms with Crippen LogP contribution in [0.2, 0.25) is 10.0 Å². The van der Waals surface area contributed by atoms with Gasteiger partial charge >= 0.3 is 0 Å². The van der Waals surface area contributed by atoms with Crippen LogP contribution in [0.1, 0.15) is 45.2 Å². The van der Waals surface area contributed by atoms with Gasteiger partial charge in [-0.1, -0.05) is 36.2 Å². The van der Waals surface area contributed by atoms with E-state index in [1.54, 1.807) is 12.1 Å². The van der Waals surface area contributed by atoms with Crippen molar-refractivity contribution in [2.45, 2.75) is 44.5 Å². The molecule has 0 spiro atoms. The first-order valence-electron chi connectivity index (χ1n) is 6.58. The first kappa shape index (κ1) is 15.9. The number of carbonyl (C=O) groups is 1. The normalized spacial score (nSPS) is 30.5. The Kier molecular flexibility index (Phi) is 4.30. The predicted molar refractivity (Wildman–Crippen MR) is 84.6 cm³/mol. The molecule has 2 nitrogen and oxygen atoms in total. The lowest BCUT2D eigenvalue weighted by atomic mass is 9.62. The van der Waals surface area contributed by atoms with Crippen molar-refractivity contribution in [3.05, 3.63) is 33.8 Å². The molecule has 0 heterocycles. The van der Waals surface area contributed by atoms with Gasteiger partial charge in [-0.2, -0.15) is 0 Å². The molecule has 1 atom stereocenters. The van der Waals surface area contributed by atoms with E-state index in [1.807, 2.05) is 26.8 Å². The van der Waals surface area contributed by atoms with E-state index < -0.39 is 0 Å². The molecule has 110 valence electrons. The highest BCUT2D eigenvalue weighted by Gasteiger charge is 2.52. The summed E-state index contributed by atoms with van der Waals surface area (Å²) in [5, 5.41) is 4.16. The van der Waals surface area contributed by atoms with E-state index in [4.69, 9.17) is 34.8 Å². The van der Waals surface area contributed by atoms with Crippen molar-refractivity contribution < 1.29 is 4.79 Å². The molecular formula is C15H18Cl3NO. The lowest BCUT2D eigenvalue weighted by Crippen LogP contribution is -2.53. The number of alkyl halides is 1. The van der Waals surface area contributed by atoms with Gasteiger partial charge in [0.05, 0.1) is 6.04 Å². The minimum absolute atomic E-state index is 0.0224. The summed E-state index contributed by atoms with van der Waals surface area (Å²) >= 11 is 18.2. The van der Waals surface area contributed by atoms with Crippen LogP contribution in [0.3, 0.4) is 0 Å². The monoisotopic (exact) mass is 333 g/mol. The highest BCUT2D eigenvalue weighted by atomic mass is 35.5. The Bertz CT molecular complexity index is 534. The third-order valence-corrected chi connectivity index (χ3v) is 4.67. The maximum absolute atomic E-state index is 12.4. The van der Waals surface area contributed by atoms with Crippen molar-refractivity contribution in [2.75, 3.05) is 0 Å². The van der Waals surface area contributed by atoms with Gasteiger partial charge in [0.1, 0.15) is 0 Å². The number of hydrogen-bond donors (Lipinski definition) is 1. The maximum Gasteiger partial charge on any atom is 0.226 e. The van der Waals surface area contributed by atoms with Crippen LogP contribution >= 0.6 is 34.8 Å². The number of amides is 1. The smallest absolute Gasteiger partial charge is 0.226 e. The summed E-state index contributed by atoms with van der Waals surface area (Å²) in [6.45, 7) is 5.82. The van der Waals surface area contributed by atoms with Crippen LogP contribution in [0.25, 0.3) is 0 Å². The average Bonchev–Trinajstić information content (AvgIpc) is 2.25. The number of benzene rings is 1. The van der Waals surface area contributed by atoms with Gasteiger partial charge in [0.25, 0.3) is 0 Å². The molecule has 1 aromatic carbocycles. The molecule has 0 aromatic heterocycles. The Morgan fingerprint density at radius 1 is 1.30 bits per heavy atom. The topological polar surface area (TPSA) is 29.1 Å². The van der Waals surface area contributed by atoms with E-state index in [2.05, 4.69) is 5.32 Å². The van der Waals surface area contributed by atoms with E-state index >= 15 is 0 Å². The summed E-state index contributed by atoms with van der Waals surface area (Å²) in [7, 11) is 0. The minimum atomic E-state index is -0.385. The predicted octanol–water partition coefficient (Wildman–Crippen LogP) is 4.97. The van der Waals surface area contributed by atoms with Gasteiger partial charge in [0.2, 0.25) is 5.91 Å². The molecule has 0 radical (unpaired) electrons. The second-order valence-electron chi connectivity index (χ2n) is 6.19. The fraction of sp³-hybridized carbons (Fsp3) is 0.533. The van der Waals surface area contributed by atoms with E-state index in [9.17, 15) is 4.79 Å².